The van der Waals surface area contributed by atoms with Gasteiger partial charge in [-0.1, -0.05) is 140 Å². The Balaban J connectivity index is 1.30. The zero-order chi connectivity index (χ0) is 31.5. The molecule has 0 fully saturated rings. The maximum absolute atomic E-state index is 2.62. The van der Waals surface area contributed by atoms with E-state index in [0.717, 1.165) is 0 Å². The van der Waals surface area contributed by atoms with Crippen LogP contribution < -0.4 is 16.4 Å². The number of para-hydroxylation sites is 2. The van der Waals surface area contributed by atoms with Crippen molar-refractivity contribution in [1.29, 1.82) is 0 Å². The van der Waals surface area contributed by atoms with Crippen LogP contribution in [0.3, 0.4) is 0 Å². The predicted molar refractivity (Wildman–Crippen MR) is 210 cm³/mol. The summed E-state index contributed by atoms with van der Waals surface area (Å²) < 4.78 is 5.24. The molecular weight excluding hydrogens is 591 g/mol. The highest BCUT2D eigenvalue weighted by molar-refractivity contribution is 7.00. The first kappa shape index (κ1) is 24.8. The van der Waals surface area contributed by atoms with E-state index in [1.54, 1.807) is 0 Å². The van der Waals surface area contributed by atoms with Crippen molar-refractivity contribution in [2.45, 2.75) is 0 Å². The minimum absolute atomic E-state index is 0.127. The lowest BCUT2D eigenvalue weighted by molar-refractivity contribution is 1.15. The molecule has 0 aliphatic carbocycles. The van der Waals surface area contributed by atoms with Crippen molar-refractivity contribution in [3.63, 3.8) is 0 Å². The summed E-state index contributed by atoms with van der Waals surface area (Å²) in [6.07, 6.45) is 0. The van der Waals surface area contributed by atoms with E-state index in [1.807, 2.05) is 0 Å². The quantitative estimate of drug-likeness (QED) is 0.119. The van der Waals surface area contributed by atoms with Gasteiger partial charge in [-0.2, -0.15) is 0 Å². The molecule has 49 heavy (non-hydrogen) atoms. The largest absolute Gasteiger partial charge is 0.310 e. The van der Waals surface area contributed by atoms with Gasteiger partial charge in [0.25, 0.3) is 6.71 Å². The second kappa shape index (κ2) is 8.39. The monoisotopic (exact) mass is 616 g/mol. The molecule has 0 bridgehead atoms. The summed E-state index contributed by atoms with van der Waals surface area (Å²) >= 11 is 0. The van der Waals surface area contributed by atoms with Crippen molar-refractivity contribution in [1.82, 2.24) is 9.13 Å². The van der Waals surface area contributed by atoms with E-state index in [1.165, 1.54) is 114 Å². The Morgan fingerprint density at radius 1 is 0.286 bits per heavy atom. The van der Waals surface area contributed by atoms with Gasteiger partial charge in [0, 0.05) is 54.7 Å². The van der Waals surface area contributed by atoms with Crippen LogP contribution in [0.2, 0.25) is 0 Å². The Morgan fingerprint density at radius 3 is 1.08 bits per heavy atom. The molecule has 2 nitrogen and oxygen atoms in total. The molecule has 11 aromatic rings. The number of aromatic nitrogens is 2. The summed E-state index contributed by atoms with van der Waals surface area (Å²) in [6.45, 7) is 0.127. The molecular formula is C46H25BN2. The highest BCUT2D eigenvalue weighted by Gasteiger charge is 2.41. The van der Waals surface area contributed by atoms with Gasteiger partial charge in [0.2, 0.25) is 0 Å². The average molecular weight is 617 g/mol. The van der Waals surface area contributed by atoms with E-state index >= 15 is 0 Å². The summed E-state index contributed by atoms with van der Waals surface area (Å²) in [7, 11) is 0. The van der Waals surface area contributed by atoms with Gasteiger partial charge in [0.15, 0.2) is 0 Å². The standard InChI is InChI=1S/C46H25BN2/c1-5-16-30-26(12-1)28-14-3-7-18-32(28)45-40(30)34-20-9-22-36-43(34)48(45)38-24-11-25-39-42(38)47(36)37-23-10-21-35-41-31-17-6-2-13-27(31)29-15-4-8-19-33(29)46(41)49(39)44(35)37/h1-25H. The fraction of sp³-hybridized carbons (Fsp3) is 0. The fourth-order valence-corrected chi connectivity index (χ4v) is 10.2. The summed E-state index contributed by atoms with van der Waals surface area (Å²) in [6, 6.07) is 57.1. The Kier molecular flexibility index (Phi) is 4.25. The molecule has 3 heteroatoms. The number of hydrogen-bond acceptors (Lipinski definition) is 0. The van der Waals surface area contributed by atoms with Crippen LogP contribution in [0.1, 0.15) is 0 Å². The van der Waals surface area contributed by atoms with E-state index in [2.05, 4.69) is 161 Å². The zero-order valence-electron chi connectivity index (χ0n) is 26.4. The average Bonchev–Trinajstić information content (AvgIpc) is 3.71. The van der Waals surface area contributed by atoms with Crippen molar-refractivity contribution in [3.05, 3.63) is 152 Å². The van der Waals surface area contributed by atoms with E-state index in [4.69, 9.17) is 0 Å². The van der Waals surface area contributed by atoms with Crippen molar-refractivity contribution in [2.24, 2.45) is 0 Å². The van der Waals surface area contributed by atoms with Crippen LogP contribution in [0.4, 0.5) is 0 Å². The van der Waals surface area contributed by atoms with Crippen LogP contribution in [-0.4, -0.2) is 15.8 Å². The Labute approximate surface area is 281 Å². The topological polar surface area (TPSA) is 9.86 Å². The molecule has 2 aliphatic heterocycles. The number of benzene rings is 9. The molecule has 9 aromatic carbocycles. The van der Waals surface area contributed by atoms with Gasteiger partial charge in [-0.05, 0) is 60.8 Å². The first-order chi connectivity index (χ1) is 24.4. The third-order valence-electron chi connectivity index (χ3n) is 11.8. The molecule has 0 atom stereocenters. The maximum atomic E-state index is 2.62. The highest BCUT2D eigenvalue weighted by Crippen LogP contribution is 2.46. The molecule has 0 unspecified atom stereocenters. The van der Waals surface area contributed by atoms with E-state index < -0.39 is 0 Å². The summed E-state index contributed by atoms with van der Waals surface area (Å²) in [5.41, 5.74) is 12.0. The van der Waals surface area contributed by atoms with E-state index in [-0.39, 0.29) is 6.71 Å². The lowest BCUT2D eigenvalue weighted by atomic mass is 9.34. The van der Waals surface area contributed by atoms with Gasteiger partial charge in [0.1, 0.15) is 0 Å². The summed E-state index contributed by atoms with van der Waals surface area (Å²) in [5, 5.41) is 15.9. The second-order valence-electron chi connectivity index (χ2n) is 13.9. The van der Waals surface area contributed by atoms with Crippen LogP contribution in [0.5, 0.6) is 0 Å². The molecule has 2 aliphatic rings. The van der Waals surface area contributed by atoms with Gasteiger partial charge in [0.05, 0.1) is 11.0 Å². The highest BCUT2D eigenvalue weighted by atomic mass is 15.0. The van der Waals surface area contributed by atoms with Crippen molar-refractivity contribution < 1.29 is 0 Å². The number of hydrogen-bond donors (Lipinski definition) is 0. The molecule has 13 rings (SSSR count). The van der Waals surface area contributed by atoms with Gasteiger partial charge in [-0.3, -0.25) is 0 Å². The third-order valence-corrected chi connectivity index (χ3v) is 11.8. The fourth-order valence-electron chi connectivity index (χ4n) is 10.2. The number of rotatable bonds is 0. The van der Waals surface area contributed by atoms with Crippen molar-refractivity contribution in [3.8, 4) is 11.4 Å². The third kappa shape index (κ3) is 2.71. The van der Waals surface area contributed by atoms with Crippen LogP contribution in [0, 0.1) is 0 Å². The Bertz CT molecular complexity index is 3120. The van der Waals surface area contributed by atoms with Gasteiger partial charge < -0.3 is 9.13 Å². The lowest BCUT2D eigenvalue weighted by Gasteiger charge is -2.33. The second-order valence-corrected chi connectivity index (χ2v) is 13.9. The normalized spacial score (nSPS) is 13.3. The van der Waals surface area contributed by atoms with E-state index in [0.29, 0.717) is 0 Å². The van der Waals surface area contributed by atoms with Gasteiger partial charge in [-0.15, -0.1) is 0 Å². The molecule has 0 N–H and O–H groups in total. The molecule has 0 saturated heterocycles. The molecule has 2 aromatic heterocycles. The minimum Gasteiger partial charge on any atom is -0.310 e. The summed E-state index contributed by atoms with van der Waals surface area (Å²) in [4.78, 5) is 0. The Hall–Kier alpha value is -6.32. The number of nitrogens with zero attached hydrogens (tertiary/aromatic N) is 2. The van der Waals surface area contributed by atoms with E-state index in [9.17, 15) is 0 Å². The lowest BCUT2D eigenvalue weighted by Crippen LogP contribution is -2.59. The molecule has 4 heterocycles. The predicted octanol–water partition coefficient (Wildman–Crippen LogP) is 9.64. The molecule has 222 valence electrons. The SMILES string of the molecule is c1cc2c3c(c1)-n1c4c(cccc4c4c5ccccc5c5ccccc5c41)B3c1cccc3c4c5ccccc5c5ccccc5c4n-2c13. The van der Waals surface area contributed by atoms with Gasteiger partial charge in [-0.25, -0.2) is 0 Å². The molecule has 0 spiro atoms. The van der Waals surface area contributed by atoms with Crippen LogP contribution in [0.15, 0.2) is 152 Å². The Morgan fingerprint density at radius 2 is 0.633 bits per heavy atom. The first-order valence-electron chi connectivity index (χ1n) is 17.2. The van der Waals surface area contributed by atoms with Gasteiger partial charge >= 0.3 is 0 Å². The summed E-state index contributed by atoms with van der Waals surface area (Å²) in [5.74, 6) is 0. The number of fused-ring (bicyclic) bond motifs is 20. The zero-order valence-corrected chi connectivity index (χ0v) is 26.4. The van der Waals surface area contributed by atoms with Crippen molar-refractivity contribution in [2.75, 3.05) is 0 Å². The van der Waals surface area contributed by atoms with Crippen LogP contribution >= 0.6 is 0 Å². The van der Waals surface area contributed by atoms with Crippen LogP contribution in [-0.2, 0) is 0 Å². The smallest absolute Gasteiger partial charge is 0.252 e. The maximum Gasteiger partial charge on any atom is 0.252 e. The van der Waals surface area contributed by atoms with Crippen molar-refractivity contribution >= 4 is 110 Å². The molecule has 0 radical (unpaired) electrons. The first-order valence-corrected chi connectivity index (χ1v) is 17.2. The minimum atomic E-state index is 0.127. The molecule has 0 saturated carbocycles. The van der Waals surface area contributed by atoms with Crippen LogP contribution in [0.25, 0.3) is 98.1 Å². The molecule has 0 amide bonds.